The molecule has 1 aliphatic heterocycles. The number of aromatic carboxylic acids is 1. The number of allylic oxidation sites excluding steroid dienone is 1. The largest absolute Gasteiger partial charge is 0.507 e. The predicted molar refractivity (Wildman–Crippen MR) is 146 cm³/mol. The minimum Gasteiger partial charge on any atom is -0.507 e. The average Bonchev–Trinajstić information content (AvgIpc) is 3.08. The zero-order valence-corrected chi connectivity index (χ0v) is 22.0. The van der Waals surface area contributed by atoms with E-state index in [2.05, 4.69) is 17.0 Å². The van der Waals surface area contributed by atoms with E-state index in [0.29, 0.717) is 37.2 Å². The van der Waals surface area contributed by atoms with E-state index >= 15 is 0 Å². The molecule has 0 unspecified atom stereocenters. The zero-order valence-electron chi connectivity index (χ0n) is 22.0. The minimum absolute atomic E-state index is 0.185. The van der Waals surface area contributed by atoms with Crippen molar-refractivity contribution in [3.63, 3.8) is 0 Å². The Kier molecular flexibility index (Phi) is 7.99. The van der Waals surface area contributed by atoms with Gasteiger partial charge in [0.15, 0.2) is 0 Å². The molecular weight excluding hydrogens is 522 g/mol. The standard InChI is InChI=1S/C32H31F4NO3/c33-13-2-14-37-18-21(19-37)15-20-5-7-22(8-6-20)30-26(24-10-12-28(29(38)17-24)32(34,35)36)4-1-3-23-16-25(31(39)40)9-11-27(23)30/h5-12,16-17,21,38H,1-4,13-15,18-19H2,(H,39,40). The average molecular weight is 554 g/mol. The molecule has 0 spiro atoms. The predicted octanol–water partition coefficient (Wildman–Crippen LogP) is 7.24. The van der Waals surface area contributed by atoms with Crippen LogP contribution >= 0.6 is 0 Å². The summed E-state index contributed by atoms with van der Waals surface area (Å²) in [6, 6.07) is 16.6. The highest BCUT2D eigenvalue weighted by atomic mass is 19.4. The van der Waals surface area contributed by atoms with Crippen molar-refractivity contribution in [2.45, 2.75) is 38.3 Å². The Hall–Kier alpha value is -3.65. The fraction of sp³-hybridized carbons (Fsp3) is 0.344. The molecule has 40 heavy (non-hydrogen) atoms. The molecule has 3 aromatic rings. The van der Waals surface area contributed by atoms with Crippen LogP contribution in [0.4, 0.5) is 17.6 Å². The number of phenolic OH excluding ortho intramolecular Hbond substituents is 1. The molecule has 8 heteroatoms. The number of hydrogen-bond acceptors (Lipinski definition) is 3. The summed E-state index contributed by atoms with van der Waals surface area (Å²) in [6.45, 7) is 2.39. The van der Waals surface area contributed by atoms with Crippen LogP contribution in [0.15, 0.2) is 60.7 Å². The molecule has 2 N–H and O–H groups in total. The Morgan fingerprint density at radius 1 is 0.950 bits per heavy atom. The first kappa shape index (κ1) is 27.9. The number of nitrogens with zero attached hydrogens (tertiary/aromatic N) is 1. The lowest BCUT2D eigenvalue weighted by molar-refractivity contribution is -0.138. The second kappa shape index (κ2) is 11.5. The molecule has 210 valence electrons. The maximum Gasteiger partial charge on any atom is 0.419 e. The summed E-state index contributed by atoms with van der Waals surface area (Å²) in [7, 11) is 0. The number of carboxylic acid groups (broad SMARTS) is 1. The number of fused-ring (bicyclic) bond motifs is 1. The van der Waals surface area contributed by atoms with Crippen molar-refractivity contribution in [2.24, 2.45) is 5.92 Å². The van der Waals surface area contributed by atoms with Gasteiger partial charge in [0.05, 0.1) is 17.8 Å². The molecule has 1 saturated heterocycles. The van der Waals surface area contributed by atoms with Crippen molar-refractivity contribution >= 4 is 17.1 Å². The molecule has 0 saturated carbocycles. The molecule has 2 aliphatic rings. The van der Waals surface area contributed by atoms with Gasteiger partial charge < -0.3 is 15.1 Å². The number of phenols is 1. The third-order valence-electron chi connectivity index (χ3n) is 7.86. The second-order valence-electron chi connectivity index (χ2n) is 10.7. The summed E-state index contributed by atoms with van der Waals surface area (Å²) in [5.41, 5.74) is 5.00. The SMILES string of the molecule is O=C(O)c1ccc2c(c1)CCCC(c1ccc(C(F)(F)F)c(O)c1)=C2c1ccc(CC2CN(CCCF)C2)cc1. The molecule has 3 aromatic carbocycles. The normalized spacial score (nSPS) is 16.4. The molecule has 0 bridgehead atoms. The first-order valence-electron chi connectivity index (χ1n) is 13.5. The van der Waals surface area contributed by atoms with E-state index in [9.17, 15) is 32.6 Å². The van der Waals surface area contributed by atoms with Gasteiger partial charge in [-0.2, -0.15) is 13.2 Å². The smallest absolute Gasteiger partial charge is 0.419 e. The van der Waals surface area contributed by atoms with Crippen LogP contribution in [0.3, 0.4) is 0 Å². The van der Waals surface area contributed by atoms with Crippen LogP contribution < -0.4 is 0 Å². The highest BCUT2D eigenvalue weighted by Gasteiger charge is 2.34. The van der Waals surface area contributed by atoms with Gasteiger partial charge in [0.1, 0.15) is 5.75 Å². The third-order valence-corrected chi connectivity index (χ3v) is 7.86. The summed E-state index contributed by atoms with van der Waals surface area (Å²) in [6.07, 6.45) is -1.35. The number of aromatic hydroxyl groups is 1. The number of benzene rings is 3. The first-order chi connectivity index (χ1) is 19.1. The van der Waals surface area contributed by atoms with Gasteiger partial charge in [0.25, 0.3) is 0 Å². The van der Waals surface area contributed by atoms with Crippen molar-refractivity contribution in [3.05, 3.63) is 99.6 Å². The first-order valence-corrected chi connectivity index (χ1v) is 13.5. The maximum absolute atomic E-state index is 13.3. The quantitative estimate of drug-likeness (QED) is 0.289. The third kappa shape index (κ3) is 5.92. The van der Waals surface area contributed by atoms with Gasteiger partial charge in [-0.15, -0.1) is 0 Å². The van der Waals surface area contributed by atoms with E-state index < -0.39 is 23.5 Å². The van der Waals surface area contributed by atoms with Gasteiger partial charge in [-0.05, 0) is 101 Å². The van der Waals surface area contributed by atoms with Gasteiger partial charge in [-0.1, -0.05) is 36.4 Å². The van der Waals surface area contributed by atoms with E-state index in [1.165, 1.54) is 17.7 Å². The molecule has 0 radical (unpaired) electrons. The lowest BCUT2D eigenvalue weighted by Crippen LogP contribution is -2.47. The van der Waals surface area contributed by atoms with E-state index in [1.54, 1.807) is 18.2 Å². The van der Waals surface area contributed by atoms with Gasteiger partial charge in [0, 0.05) is 19.6 Å². The van der Waals surface area contributed by atoms with Crippen LogP contribution in [0.5, 0.6) is 5.75 Å². The zero-order chi connectivity index (χ0) is 28.4. The molecule has 4 nitrogen and oxygen atoms in total. The Balaban J connectivity index is 1.52. The van der Waals surface area contributed by atoms with Crippen LogP contribution in [-0.4, -0.2) is 47.4 Å². The Morgan fingerprint density at radius 2 is 1.68 bits per heavy atom. The highest BCUT2D eigenvalue weighted by Crippen LogP contribution is 2.43. The number of aryl methyl sites for hydroxylation is 1. The maximum atomic E-state index is 13.3. The lowest BCUT2D eigenvalue weighted by atomic mass is 9.86. The number of alkyl halides is 4. The van der Waals surface area contributed by atoms with Crippen molar-refractivity contribution in [1.29, 1.82) is 0 Å². The van der Waals surface area contributed by atoms with E-state index in [1.807, 2.05) is 12.1 Å². The summed E-state index contributed by atoms with van der Waals surface area (Å²) in [5, 5.41) is 19.8. The number of carbonyl (C=O) groups is 1. The van der Waals surface area contributed by atoms with Gasteiger partial charge in [-0.3, -0.25) is 4.39 Å². The van der Waals surface area contributed by atoms with Crippen LogP contribution in [0.25, 0.3) is 11.1 Å². The van der Waals surface area contributed by atoms with Crippen molar-refractivity contribution in [2.75, 3.05) is 26.3 Å². The molecule has 5 rings (SSSR count). The number of likely N-dealkylation sites (tertiary alicyclic amines) is 1. The second-order valence-corrected chi connectivity index (χ2v) is 10.7. The fourth-order valence-electron chi connectivity index (χ4n) is 5.91. The number of carboxylic acids is 1. The lowest BCUT2D eigenvalue weighted by Gasteiger charge is -2.39. The van der Waals surface area contributed by atoms with Gasteiger partial charge in [0.2, 0.25) is 0 Å². The molecule has 1 aliphatic carbocycles. The monoisotopic (exact) mass is 553 g/mol. The minimum atomic E-state index is -4.66. The van der Waals surface area contributed by atoms with E-state index in [-0.39, 0.29) is 12.2 Å². The van der Waals surface area contributed by atoms with E-state index in [0.717, 1.165) is 60.0 Å². The van der Waals surface area contributed by atoms with Crippen LogP contribution in [0, 0.1) is 5.92 Å². The number of halogens is 4. The fourth-order valence-corrected chi connectivity index (χ4v) is 5.91. The van der Waals surface area contributed by atoms with Gasteiger partial charge in [-0.25, -0.2) is 4.79 Å². The van der Waals surface area contributed by atoms with Crippen LogP contribution in [0.2, 0.25) is 0 Å². The Morgan fingerprint density at radius 3 is 2.33 bits per heavy atom. The Labute approximate surface area is 230 Å². The molecule has 1 fully saturated rings. The van der Waals surface area contributed by atoms with E-state index in [4.69, 9.17) is 0 Å². The van der Waals surface area contributed by atoms with Crippen molar-refractivity contribution in [1.82, 2.24) is 4.90 Å². The van der Waals surface area contributed by atoms with Crippen LogP contribution in [0.1, 0.15) is 63.0 Å². The van der Waals surface area contributed by atoms with Gasteiger partial charge >= 0.3 is 12.1 Å². The molecule has 1 heterocycles. The number of rotatable bonds is 8. The summed E-state index contributed by atoms with van der Waals surface area (Å²) < 4.78 is 52.4. The summed E-state index contributed by atoms with van der Waals surface area (Å²) >= 11 is 0. The van der Waals surface area contributed by atoms with Crippen molar-refractivity contribution < 1.29 is 32.6 Å². The Bertz CT molecular complexity index is 1420. The summed E-state index contributed by atoms with van der Waals surface area (Å²) in [5.74, 6) is -1.32. The molecule has 0 amide bonds. The molecule has 0 aromatic heterocycles. The van der Waals surface area contributed by atoms with Crippen LogP contribution in [-0.2, 0) is 19.0 Å². The topological polar surface area (TPSA) is 60.8 Å². The molecule has 0 atom stereocenters. The molecular formula is C32H31F4NO3. The highest BCUT2D eigenvalue weighted by molar-refractivity contribution is 6.00. The summed E-state index contributed by atoms with van der Waals surface area (Å²) in [4.78, 5) is 13.9. The van der Waals surface area contributed by atoms with Crippen molar-refractivity contribution in [3.8, 4) is 5.75 Å². The number of hydrogen-bond donors (Lipinski definition) is 2.